The molecule has 2 aromatic heterocycles. The second-order valence-electron chi connectivity index (χ2n) is 8.70. The number of fused-ring (bicyclic) bond motifs is 1. The molecular weight excluding hydrogens is 548 g/mol. The summed E-state index contributed by atoms with van der Waals surface area (Å²) in [6.45, 7) is 1.69. The van der Waals surface area contributed by atoms with E-state index < -0.39 is 0 Å². The first-order valence-corrected chi connectivity index (χ1v) is 13.3. The number of carbonyl (C=O) groups is 1. The minimum atomic E-state index is -0.228. The molecule has 12 nitrogen and oxygen atoms in total. The van der Waals surface area contributed by atoms with Crippen LogP contribution in [-0.2, 0) is 4.79 Å². The number of ether oxygens (including phenoxy) is 3. The van der Waals surface area contributed by atoms with E-state index in [9.17, 15) is 4.79 Å². The van der Waals surface area contributed by atoms with Gasteiger partial charge in [0, 0.05) is 16.8 Å². The molecule has 0 bridgehead atoms. The number of aromatic nitrogens is 4. The van der Waals surface area contributed by atoms with Crippen LogP contribution in [0.1, 0.15) is 12.5 Å². The molecule has 5 rings (SSSR count). The van der Waals surface area contributed by atoms with Gasteiger partial charge in [-0.05, 0) is 55.0 Å². The molecule has 2 heterocycles. The number of rotatable bonds is 10. The molecule has 0 aliphatic heterocycles. The zero-order chi connectivity index (χ0) is 28.9. The summed E-state index contributed by atoms with van der Waals surface area (Å²) in [4.78, 5) is 20.4. The molecule has 0 unspecified atom stereocenters. The molecule has 0 saturated carbocycles. The Morgan fingerprint density at radius 2 is 1.73 bits per heavy atom. The van der Waals surface area contributed by atoms with Crippen LogP contribution in [0.2, 0.25) is 0 Å². The summed E-state index contributed by atoms with van der Waals surface area (Å²) in [5, 5.41) is 23.3. The number of hydrogen-bond donors (Lipinski definition) is 3. The van der Waals surface area contributed by atoms with Crippen LogP contribution in [0.25, 0.3) is 33.9 Å². The standard InChI is InChI=1S/C28H26N6O6S/c1-15(34-36)16-5-8-19(9-6-16)29-24(35)14-41-28-33-32-27(40-28)17-7-10-20-21(11-17)31-26(30-20)18-12-22(37-2)25(39-4)23(13-18)38-3/h5-13,36H,14H2,1-4H3,(H,29,35)(H,30,31)/b34-15-. The number of H-pyrrole nitrogens is 1. The Labute approximate surface area is 238 Å². The largest absolute Gasteiger partial charge is 0.493 e. The zero-order valence-corrected chi connectivity index (χ0v) is 23.4. The van der Waals surface area contributed by atoms with Gasteiger partial charge in [0.15, 0.2) is 11.5 Å². The van der Waals surface area contributed by atoms with Gasteiger partial charge in [-0.1, -0.05) is 29.1 Å². The molecule has 0 aliphatic rings. The van der Waals surface area contributed by atoms with Crippen molar-refractivity contribution in [1.29, 1.82) is 0 Å². The number of benzene rings is 3. The first-order valence-electron chi connectivity index (χ1n) is 12.3. The van der Waals surface area contributed by atoms with Gasteiger partial charge in [0.2, 0.25) is 17.5 Å². The lowest BCUT2D eigenvalue weighted by Crippen LogP contribution is -2.14. The van der Waals surface area contributed by atoms with Gasteiger partial charge >= 0.3 is 0 Å². The lowest BCUT2D eigenvalue weighted by atomic mass is 10.1. The Balaban J connectivity index is 1.27. The number of anilines is 1. The van der Waals surface area contributed by atoms with Crippen LogP contribution in [0.5, 0.6) is 17.2 Å². The minimum absolute atomic E-state index is 0.0816. The van der Waals surface area contributed by atoms with Gasteiger partial charge < -0.3 is 34.1 Å². The summed E-state index contributed by atoms with van der Waals surface area (Å²) < 4.78 is 22.1. The summed E-state index contributed by atoms with van der Waals surface area (Å²) in [5.41, 5.74) is 4.83. The van der Waals surface area contributed by atoms with E-state index in [1.807, 2.05) is 30.3 Å². The summed E-state index contributed by atoms with van der Waals surface area (Å²) >= 11 is 1.13. The highest BCUT2D eigenvalue weighted by Gasteiger charge is 2.17. The average Bonchev–Trinajstić information content (AvgIpc) is 3.66. The maximum absolute atomic E-state index is 12.4. The molecule has 0 aliphatic carbocycles. The number of amides is 1. The smallest absolute Gasteiger partial charge is 0.277 e. The van der Waals surface area contributed by atoms with E-state index >= 15 is 0 Å². The number of thioether (sulfide) groups is 1. The molecule has 3 aromatic carbocycles. The van der Waals surface area contributed by atoms with Crippen molar-refractivity contribution in [3.63, 3.8) is 0 Å². The third-order valence-corrected chi connectivity index (χ3v) is 6.96. The number of methoxy groups -OCH3 is 3. The maximum Gasteiger partial charge on any atom is 0.277 e. The molecule has 3 N–H and O–H groups in total. The van der Waals surface area contributed by atoms with Crippen LogP contribution in [0.15, 0.2) is 69.4 Å². The first-order chi connectivity index (χ1) is 19.9. The Morgan fingerprint density at radius 3 is 2.39 bits per heavy atom. The van der Waals surface area contributed by atoms with E-state index in [0.717, 1.165) is 33.9 Å². The van der Waals surface area contributed by atoms with Crippen LogP contribution in [0.4, 0.5) is 5.69 Å². The Kier molecular flexibility index (Phi) is 8.06. The second kappa shape index (κ2) is 12.0. The zero-order valence-electron chi connectivity index (χ0n) is 22.6. The molecule has 0 fully saturated rings. The second-order valence-corrected chi connectivity index (χ2v) is 9.63. The minimum Gasteiger partial charge on any atom is -0.493 e. The van der Waals surface area contributed by atoms with Crippen molar-refractivity contribution in [2.24, 2.45) is 5.16 Å². The van der Waals surface area contributed by atoms with Gasteiger partial charge in [0.1, 0.15) is 5.82 Å². The normalized spacial score (nSPS) is 11.5. The lowest BCUT2D eigenvalue weighted by Gasteiger charge is -2.13. The van der Waals surface area contributed by atoms with E-state index in [4.69, 9.17) is 28.8 Å². The summed E-state index contributed by atoms with van der Waals surface area (Å²) in [5.74, 6) is 2.33. The van der Waals surface area contributed by atoms with E-state index in [-0.39, 0.29) is 16.9 Å². The van der Waals surface area contributed by atoms with Crippen LogP contribution in [0, 0.1) is 0 Å². The highest BCUT2D eigenvalue weighted by molar-refractivity contribution is 7.99. The highest BCUT2D eigenvalue weighted by Crippen LogP contribution is 2.41. The van der Waals surface area contributed by atoms with Crippen molar-refractivity contribution in [3.05, 3.63) is 60.2 Å². The van der Waals surface area contributed by atoms with Crippen molar-refractivity contribution >= 4 is 40.1 Å². The van der Waals surface area contributed by atoms with Crippen LogP contribution in [0.3, 0.4) is 0 Å². The van der Waals surface area contributed by atoms with Gasteiger partial charge in [0.05, 0.1) is 43.8 Å². The average molecular weight is 575 g/mol. The van der Waals surface area contributed by atoms with Crippen molar-refractivity contribution < 1.29 is 28.6 Å². The quantitative estimate of drug-likeness (QED) is 0.0872. The Hall–Kier alpha value is -5.04. The number of imidazole rings is 1. The fourth-order valence-corrected chi connectivity index (χ4v) is 4.62. The highest BCUT2D eigenvalue weighted by atomic mass is 32.2. The molecule has 5 aromatic rings. The van der Waals surface area contributed by atoms with Gasteiger partial charge in [-0.25, -0.2) is 4.98 Å². The molecule has 210 valence electrons. The molecule has 41 heavy (non-hydrogen) atoms. The van der Waals surface area contributed by atoms with E-state index in [0.29, 0.717) is 45.9 Å². The fraction of sp³-hybridized carbons (Fsp3) is 0.179. The SMILES string of the molecule is COc1cc(-c2nc3ccc(-c4nnc(SCC(=O)Nc5ccc(/C(C)=N\O)cc5)o4)cc3[nH]2)cc(OC)c1OC. The van der Waals surface area contributed by atoms with Crippen LogP contribution >= 0.6 is 11.8 Å². The fourth-order valence-electron chi connectivity index (χ4n) is 4.06. The molecule has 1 amide bonds. The molecule has 0 spiro atoms. The number of carbonyl (C=O) groups excluding carboxylic acids is 1. The van der Waals surface area contributed by atoms with E-state index in [1.54, 1.807) is 52.5 Å². The van der Waals surface area contributed by atoms with E-state index in [1.165, 1.54) is 0 Å². The third-order valence-electron chi connectivity index (χ3n) is 6.14. The molecule has 0 atom stereocenters. The molecular formula is C28H26N6O6S. The van der Waals surface area contributed by atoms with Gasteiger partial charge in [-0.15, -0.1) is 10.2 Å². The number of nitrogens with zero attached hydrogens (tertiary/aromatic N) is 4. The number of aromatic amines is 1. The van der Waals surface area contributed by atoms with Crippen molar-refractivity contribution in [2.45, 2.75) is 12.1 Å². The van der Waals surface area contributed by atoms with Gasteiger partial charge in [-0.3, -0.25) is 4.79 Å². The first kappa shape index (κ1) is 27.5. The van der Waals surface area contributed by atoms with Gasteiger partial charge in [-0.2, -0.15) is 0 Å². The Bertz CT molecular complexity index is 1710. The number of hydrogen-bond acceptors (Lipinski definition) is 11. The molecule has 0 saturated heterocycles. The topological polar surface area (TPSA) is 157 Å². The van der Waals surface area contributed by atoms with Crippen molar-refractivity contribution in [1.82, 2.24) is 20.2 Å². The van der Waals surface area contributed by atoms with Crippen molar-refractivity contribution in [3.8, 4) is 40.1 Å². The van der Waals surface area contributed by atoms with Gasteiger partial charge in [0.25, 0.3) is 5.22 Å². The van der Waals surface area contributed by atoms with Crippen LogP contribution < -0.4 is 19.5 Å². The lowest BCUT2D eigenvalue weighted by molar-refractivity contribution is -0.113. The predicted octanol–water partition coefficient (Wildman–Crippen LogP) is 5.23. The third kappa shape index (κ3) is 5.94. The molecule has 0 radical (unpaired) electrons. The van der Waals surface area contributed by atoms with Crippen molar-refractivity contribution in [2.75, 3.05) is 32.4 Å². The number of oxime groups is 1. The summed E-state index contributed by atoms with van der Waals surface area (Å²) in [7, 11) is 4.67. The maximum atomic E-state index is 12.4. The predicted molar refractivity (Wildman–Crippen MR) is 154 cm³/mol. The van der Waals surface area contributed by atoms with E-state index in [2.05, 4.69) is 25.7 Å². The summed E-state index contributed by atoms with van der Waals surface area (Å²) in [6, 6.07) is 16.2. The number of nitrogens with one attached hydrogen (secondary N) is 2. The molecule has 13 heteroatoms. The Morgan fingerprint density at radius 1 is 1.00 bits per heavy atom. The van der Waals surface area contributed by atoms with Crippen LogP contribution in [-0.4, -0.2) is 64.1 Å². The monoisotopic (exact) mass is 574 g/mol. The summed E-state index contributed by atoms with van der Waals surface area (Å²) in [6.07, 6.45) is 0.